The van der Waals surface area contributed by atoms with Crippen molar-refractivity contribution in [2.75, 3.05) is 7.11 Å². The lowest BCUT2D eigenvalue weighted by Crippen LogP contribution is -1.87. The van der Waals surface area contributed by atoms with Crippen molar-refractivity contribution in [2.45, 2.75) is 18.2 Å². The van der Waals surface area contributed by atoms with Crippen LogP contribution in [0.25, 0.3) is 10.6 Å². The van der Waals surface area contributed by atoms with Crippen LogP contribution in [0, 0.1) is 0 Å². The van der Waals surface area contributed by atoms with Crippen molar-refractivity contribution in [3.8, 4) is 16.3 Å². The second-order valence-corrected chi connectivity index (χ2v) is 6.70. The van der Waals surface area contributed by atoms with Crippen LogP contribution in [-0.4, -0.2) is 17.3 Å². The molecule has 6 heteroatoms. The van der Waals surface area contributed by atoms with Gasteiger partial charge in [0.2, 0.25) is 0 Å². The number of rotatable bonds is 4. The molecule has 0 aliphatic heterocycles. The lowest BCUT2D eigenvalue weighted by Gasteiger charge is -2.05. The second kappa shape index (κ2) is 6.12. The van der Waals surface area contributed by atoms with E-state index < -0.39 is 0 Å². The highest BCUT2D eigenvalue weighted by molar-refractivity contribution is 9.10. The highest BCUT2D eigenvalue weighted by atomic mass is 79.9. The summed E-state index contributed by atoms with van der Waals surface area (Å²) in [6, 6.07) is 5.90. The lowest BCUT2D eigenvalue weighted by atomic mass is 10.2. The topological polar surface area (TPSA) is 35.0 Å². The summed E-state index contributed by atoms with van der Waals surface area (Å²) in [5.74, 6) is 0.801. The van der Waals surface area contributed by atoms with Crippen molar-refractivity contribution in [3.05, 3.63) is 27.7 Å². The molecule has 1 unspecified atom stereocenters. The van der Waals surface area contributed by atoms with Crippen LogP contribution in [-0.2, 0) is 0 Å². The lowest BCUT2D eigenvalue weighted by molar-refractivity contribution is 0.416. The van der Waals surface area contributed by atoms with Crippen molar-refractivity contribution < 1.29 is 4.74 Å². The van der Waals surface area contributed by atoms with Gasteiger partial charge in [0.05, 0.1) is 17.5 Å². The van der Waals surface area contributed by atoms with Crippen LogP contribution in [0.1, 0.15) is 23.2 Å². The molecular weight excluding hydrogens is 380 g/mol. The molecule has 0 saturated carbocycles. The Balaban J connectivity index is 2.39. The SMILES string of the molecule is CCC(Br)c1nnc(-c2ccc(Br)cc2OC)s1. The summed E-state index contributed by atoms with van der Waals surface area (Å²) >= 11 is 8.61. The van der Waals surface area contributed by atoms with Crippen LogP contribution in [0.2, 0.25) is 0 Å². The average Bonchev–Trinajstić information content (AvgIpc) is 2.87. The zero-order valence-corrected chi connectivity index (χ0v) is 14.0. The van der Waals surface area contributed by atoms with Gasteiger partial charge >= 0.3 is 0 Å². The molecule has 0 spiro atoms. The predicted octanol–water partition coefficient (Wildman–Crippen LogP) is 4.82. The molecule has 18 heavy (non-hydrogen) atoms. The zero-order valence-electron chi connectivity index (χ0n) is 9.98. The maximum atomic E-state index is 5.37. The Bertz CT molecular complexity index is 545. The van der Waals surface area contributed by atoms with E-state index in [1.54, 1.807) is 18.4 Å². The maximum absolute atomic E-state index is 5.37. The van der Waals surface area contributed by atoms with E-state index in [4.69, 9.17) is 4.74 Å². The minimum absolute atomic E-state index is 0.269. The molecule has 96 valence electrons. The Hall–Kier alpha value is -0.460. The summed E-state index contributed by atoms with van der Waals surface area (Å²) in [5, 5.41) is 10.3. The number of hydrogen-bond donors (Lipinski definition) is 0. The standard InChI is InChI=1S/C12H12Br2N2OS/c1-3-9(14)12-16-15-11(18-12)8-5-4-7(13)6-10(8)17-2/h4-6,9H,3H2,1-2H3. The maximum Gasteiger partial charge on any atom is 0.151 e. The largest absolute Gasteiger partial charge is 0.496 e. The van der Waals surface area contributed by atoms with Crippen molar-refractivity contribution >= 4 is 43.2 Å². The second-order valence-electron chi connectivity index (χ2n) is 3.67. The molecule has 0 fully saturated rings. The number of benzene rings is 1. The summed E-state index contributed by atoms with van der Waals surface area (Å²) in [4.78, 5) is 0.269. The van der Waals surface area contributed by atoms with Gasteiger partial charge in [0.15, 0.2) is 5.01 Å². The molecule has 0 aliphatic carbocycles. The Labute approximate surface area is 127 Å². The summed E-state index contributed by atoms with van der Waals surface area (Å²) in [7, 11) is 1.66. The quantitative estimate of drug-likeness (QED) is 0.700. The van der Waals surface area contributed by atoms with Crippen LogP contribution in [0.4, 0.5) is 0 Å². The smallest absolute Gasteiger partial charge is 0.151 e. The van der Waals surface area contributed by atoms with Gasteiger partial charge in [0.25, 0.3) is 0 Å². The van der Waals surface area contributed by atoms with E-state index in [0.717, 1.165) is 32.2 Å². The van der Waals surface area contributed by atoms with Crippen LogP contribution in [0.3, 0.4) is 0 Å². The van der Waals surface area contributed by atoms with Gasteiger partial charge < -0.3 is 4.74 Å². The summed E-state index contributed by atoms with van der Waals surface area (Å²) in [6.45, 7) is 2.11. The first-order valence-electron chi connectivity index (χ1n) is 5.47. The third kappa shape index (κ3) is 2.92. The molecule has 0 bridgehead atoms. The fourth-order valence-electron chi connectivity index (χ4n) is 1.49. The molecule has 2 rings (SSSR count). The number of alkyl halides is 1. The van der Waals surface area contributed by atoms with Gasteiger partial charge in [-0.2, -0.15) is 0 Å². The highest BCUT2D eigenvalue weighted by Gasteiger charge is 2.15. The van der Waals surface area contributed by atoms with E-state index in [1.807, 2.05) is 18.2 Å². The first kappa shape index (κ1) is 14.0. The molecule has 1 aromatic carbocycles. The van der Waals surface area contributed by atoms with E-state index in [-0.39, 0.29) is 4.83 Å². The van der Waals surface area contributed by atoms with Crippen molar-refractivity contribution in [1.82, 2.24) is 10.2 Å². The molecule has 1 aromatic heterocycles. The minimum Gasteiger partial charge on any atom is -0.496 e. The van der Waals surface area contributed by atoms with Gasteiger partial charge in [0, 0.05) is 4.47 Å². The fourth-order valence-corrected chi connectivity index (χ4v) is 3.13. The highest BCUT2D eigenvalue weighted by Crippen LogP contribution is 2.37. The van der Waals surface area contributed by atoms with Crippen LogP contribution < -0.4 is 4.74 Å². The van der Waals surface area contributed by atoms with E-state index >= 15 is 0 Å². The number of hydrogen-bond acceptors (Lipinski definition) is 4. The fraction of sp³-hybridized carbons (Fsp3) is 0.333. The molecule has 2 aromatic rings. The first-order chi connectivity index (χ1) is 8.65. The van der Waals surface area contributed by atoms with E-state index in [0.29, 0.717) is 0 Å². The van der Waals surface area contributed by atoms with Gasteiger partial charge in [-0.15, -0.1) is 10.2 Å². The number of aromatic nitrogens is 2. The average molecular weight is 392 g/mol. The number of methoxy groups -OCH3 is 1. The molecule has 0 aliphatic rings. The molecular formula is C12H12Br2N2OS. The Morgan fingerprint density at radius 2 is 2.17 bits per heavy atom. The molecule has 1 heterocycles. The third-order valence-corrected chi connectivity index (χ3v) is 5.41. The minimum atomic E-state index is 0.269. The summed E-state index contributed by atoms with van der Waals surface area (Å²) in [6.07, 6.45) is 0.992. The van der Waals surface area contributed by atoms with Crippen LogP contribution >= 0.6 is 43.2 Å². The number of halogens is 2. The third-order valence-electron chi connectivity index (χ3n) is 2.46. The number of ether oxygens (including phenoxy) is 1. The normalized spacial score (nSPS) is 12.4. The van der Waals surface area contributed by atoms with Crippen LogP contribution in [0.15, 0.2) is 22.7 Å². The Kier molecular flexibility index (Phi) is 4.75. The van der Waals surface area contributed by atoms with Gasteiger partial charge in [0.1, 0.15) is 10.8 Å². The van der Waals surface area contributed by atoms with Gasteiger partial charge in [-0.05, 0) is 24.6 Å². The van der Waals surface area contributed by atoms with Gasteiger partial charge in [-0.25, -0.2) is 0 Å². The molecule has 0 N–H and O–H groups in total. The monoisotopic (exact) mass is 390 g/mol. The molecule has 0 amide bonds. The van der Waals surface area contributed by atoms with Crippen molar-refractivity contribution in [1.29, 1.82) is 0 Å². The molecule has 3 nitrogen and oxygen atoms in total. The predicted molar refractivity (Wildman–Crippen MR) is 81.6 cm³/mol. The Morgan fingerprint density at radius 3 is 2.83 bits per heavy atom. The van der Waals surface area contributed by atoms with Crippen molar-refractivity contribution in [3.63, 3.8) is 0 Å². The number of nitrogens with zero attached hydrogens (tertiary/aromatic N) is 2. The molecule has 1 atom stereocenters. The summed E-state index contributed by atoms with van der Waals surface area (Å²) in [5.41, 5.74) is 0.972. The van der Waals surface area contributed by atoms with Gasteiger partial charge in [-0.3, -0.25) is 0 Å². The van der Waals surface area contributed by atoms with E-state index in [2.05, 4.69) is 49.0 Å². The molecule has 0 radical (unpaired) electrons. The van der Waals surface area contributed by atoms with Gasteiger partial charge in [-0.1, -0.05) is 50.1 Å². The van der Waals surface area contributed by atoms with E-state index in [1.165, 1.54) is 0 Å². The van der Waals surface area contributed by atoms with Crippen molar-refractivity contribution in [2.24, 2.45) is 0 Å². The summed E-state index contributed by atoms with van der Waals surface area (Å²) < 4.78 is 6.36. The first-order valence-corrected chi connectivity index (χ1v) is 7.99. The van der Waals surface area contributed by atoms with E-state index in [9.17, 15) is 0 Å². The zero-order chi connectivity index (χ0) is 13.1. The molecule has 0 saturated heterocycles. The van der Waals surface area contributed by atoms with Crippen LogP contribution in [0.5, 0.6) is 5.75 Å². The Morgan fingerprint density at radius 1 is 1.39 bits per heavy atom.